The van der Waals surface area contributed by atoms with Crippen molar-refractivity contribution in [2.24, 2.45) is 0 Å². The zero-order valence-electron chi connectivity index (χ0n) is 23.9. The minimum atomic E-state index is -2.79. The van der Waals surface area contributed by atoms with Crippen molar-refractivity contribution in [3.05, 3.63) is 65.4 Å². The van der Waals surface area contributed by atoms with E-state index in [2.05, 4.69) is 10.5 Å². The molecule has 230 valence electrons. The van der Waals surface area contributed by atoms with Crippen LogP contribution >= 0.6 is 0 Å². The normalized spacial score (nSPS) is 14.8. The summed E-state index contributed by atoms with van der Waals surface area (Å²) in [5.74, 6) is -9.02. The van der Waals surface area contributed by atoms with E-state index in [0.29, 0.717) is 12.2 Å². The number of aromatic nitrogens is 1. The number of phenolic OH excluding ortho intramolecular Hbond substituents is 5. The Morgan fingerprint density at radius 1 is 0.886 bits per heavy atom. The lowest BCUT2D eigenvalue weighted by Crippen LogP contribution is -2.31. The molecule has 1 aromatic heterocycles. The molecule has 1 unspecified atom stereocenters. The van der Waals surface area contributed by atoms with Gasteiger partial charge in [-0.15, -0.1) is 0 Å². The predicted molar refractivity (Wildman–Crippen MR) is 154 cm³/mol. The number of hydrogen-bond acceptors (Lipinski definition) is 12. The molecule has 3 aromatic carbocycles. The first-order valence-electron chi connectivity index (χ1n) is 13.6. The predicted octanol–water partition coefficient (Wildman–Crippen LogP) is 4.85. The van der Waals surface area contributed by atoms with Gasteiger partial charge in [0.25, 0.3) is 0 Å². The van der Waals surface area contributed by atoms with E-state index in [4.69, 9.17) is 14.0 Å². The lowest BCUT2D eigenvalue weighted by Gasteiger charge is -2.26. The first-order chi connectivity index (χ1) is 20.8. The van der Waals surface area contributed by atoms with Gasteiger partial charge in [-0.2, -0.15) is 0 Å². The third-order valence-electron chi connectivity index (χ3n) is 7.55. The molecule has 7 N–H and O–H groups in total. The van der Waals surface area contributed by atoms with Gasteiger partial charge < -0.3 is 44.6 Å². The number of benzene rings is 3. The van der Waals surface area contributed by atoms with Gasteiger partial charge in [-0.3, -0.25) is 10.1 Å². The summed E-state index contributed by atoms with van der Waals surface area (Å²) in [5.41, 5.74) is 2.07. The van der Waals surface area contributed by atoms with Gasteiger partial charge in [0.1, 0.15) is 16.9 Å². The van der Waals surface area contributed by atoms with Crippen molar-refractivity contribution in [1.29, 1.82) is 0 Å². The average molecular weight is 607 g/mol. The molecule has 0 bridgehead atoms. The smallest absolute Gasteiger partial charge is 0.414 e. The maximum atomic E-state index is 12.8. The molecule has 4 aromatic rings. The highest BCUT2D eigenvalue weighted by molar-refractivity contribution is 5.91. The van der Waals surface area contributed by atoms with Gasteiger partial charge in [0, 0.05) is 12.5 Å². The fourth-order valence-electron chi connectivity index (χ4n) is 5.00. The molecule has 0 spiro atoms. The van der Waals surface area contributed by atoms with Crippen molar-refractivity contribution < 1.29 is 54.2 Å². The van der Waals surface area contributed by atoms with Gasteiger partial charge >= 0.3 is 12.1 Å². The Morgan fingerprint density at radius 3 is 1.91 bits per heavy atom. The number of anilines is 1. The van der Waals surface area contributed by atoms with Crippen molar-refractivity contribution in [3.8, 4) is 51.2 Å². The lowest BCUT2D eigenvalue weighted by molar-refractivity contribution is -0.153. The quantitative estimate of drug-likeness (QED) is 0.0620. The van der Waals surface area contributed by atoms with Crippen molar-refractivity contribution in [2.75, 3.05) is 11.9 Å². The number of aryl methyl sites for hydroxylation is 1. The number of nitrogens with one attached hydrogen (secondary N) is 1. The van der Waals surface area contributed by atoms with Crippen LogP contribution in [0.4, 0.5) is 10.5 Å². The number of aliphatic hydroxyl groups is 1. The Balaban J connectivity index is 1.33. The Morgan fingerprint density at radius 2 is 1.39 bits per heavy atom. The summed E-state index contributed by atoms with van der Waals surface area (Å²) in [7, 11) is 0. The van der Waals surface area contributed by atoms with Gasteiger partial charge in [0.15, 0.2) is 17.3 Å². The molecule has 1 atom stereocenters. The number of hydrogen-bond donors (Lipinski definition) is 7. The fourth-order valence-corrected chi connectivity index (χ4v) is 5.00. The summed E-state index contributed by atoms with van der Waals surface area (Å²) in [5, 5.41) is 66.5. The van der Waals surface area contributed by atoms with E-state index in [1.54, 1.807) is 26.0 Å². The number of ether oxygens (including phenoxy) is 2. The second kappa shape index (κ2) is 11.0. The van der Waals surface area contributed by atoms with E-state index in [1.807, 2.05) is 36.4 Å². The summed E-state index contributed by atoms with van der Waals surface area (Å²) >= 11 is 0. The van der Waals surface area contributed by atoms with Crippen molar-refractivity contribution >= 4 is 17.7 Å². The van der Waals surface area contributed by atoms with Crippen LogP contribution in [0, 0.1) is 6.92 Å². The van der Waals surface area contributed by atoms with E-state index < -0.39 is 51.6 Å². The molecule has 0 saturated heterocycles. The highest BCUT2D eigenvalue weighted by atomic mass is 16.7. The monoisotopic (exact) mass is 606 g/mol. The first-order valence-corrected chi connectivity index (χ1v) is 13.6. The van der Waals surface area contributed by atoms with Crippen LogP contribution in [-0.2, 0) is 25.5 Å². The minimum Gasteiger partial charge on any atom is -0.504 e. The Bertz CT molecular complexity index is 1710. The topological polar surface area (TPSA) is 212 Å². The number of phenols is 5. The van der Waals surface area contributed by atoms with E-state index in [1.165, 1.54) is 0 Å². The summed E-state index contributed by atoms with van der Waals surface area (Å²) in [6, 6.07) is 14.9. The fraction of sp³-hybridized carbons (Fsp3) is 0.258. The molecule has 1 fully saturated rings. The number of aromatic hydroxyl groups is 5. The molecule has 44 heavy (non-hydrogen) atoms. The van der Waals surface area contributed by atoms with Crippen LogP contribution in [0.15, 0.2) is 53.1 Å². The lowest BCUT2D eigenvalue weighted by atomic mass is 9.93. The maximum Gasteiger partial charge on any atom is 0.414 e. The van der Waals surface area contributed by atoms with Crippen molar-refractivity contribution in [1.82, 2.24) is 5.16 Å². The largest absolute Gasteiger partial charge is 0.504 e. The van der Waals surface area contributed by atoms with Crippen LogP contribution in [-0.4, -0.2) is 54.5 Å². The zero-order chi connectivity index (χ0) is 32.0. The van der Waals surface area contributed by atoms with Gasteiger partial charge in [-0.25, -0.2) is 4.79 Å². The first kappa shape index (κ1) is 30.0. The van der Waals surface area contributed by atoms with Crippen LogP contribution in [0.1, 0.15) is 43.5 Å². The van der Waals surface area contributed by atoms with Crippen molar-refractivity contribution in [3.63, 3.8) is 0 Å². The SMILES string of the molecule is CCOC(=O)C1(c2ccc(-c3ccc(-c4onc(C)c4NC(=O)OC(C)(O)c4c(O)c(O)c(O)c(O)c4O)cc3)cc2)CC1. The maximum absolute atomic E-state index is 12.8. The van der Waals surface area contributed by atoms with Gasteiger partial charge in [-0.1, -0.05) is 53.7 Å². The van der Waals surface area contributed by atoms with Crippen LogP contribution in [0.25, 0.3) is 22.5 Å². The molecule has 5 rings (SSSR count). The van der Waals surface area contributed by atoms with Crippen LogP contribution < -0.4 is 5.32 Å². The van der Waals surface area contributed by atoms with Crippen molar-refractivity contribution in [2.45, 2.75) is 44.8 Å². The number of carbonyl (C=O) groups is 2. The number of nitrogens with zero attached hydrogens (tertiary/aromatic N) is 1. The molecule has 1 saturated carbocycles. The van der Waals surface area contributed by atoms with Gasteiger partial charge in [-0.05, 0) is 43.4 Å². The Kier molecular flexibility index (Phi) is 7.51. The summed E-state index contributed by atoms with van der Waals surface area (Å²) in [6.07, 6.45) is 0.237. The number of carbonyl (C=O) groups excluding carboxylic acids is 2. The van der Waals surface area contributed by atoms with Crippen LogP contribution in [0.2, 0.25) is 0 Å². The zero-order valence-corrected chi connectivity index (χ0v) is 23.9. The second-order valence-electron chi connectivity index (χ2n) is 10.5. The summed E-state index contributed by atoms with van der Waals surface area (Å²) in [4.78, 5) is 25.2. The summed E-state index contributed by atoms with van der Waals surface area (Å²) < 4.78 is 15.7. The molecule has 0 radical (unpaired) electrons. The van der Waals surface area contributed by atoms with Gasteiger partial charge in [0.05, 0.1) is 12.0 Å². The molecule has 1 heterocycles. The van der Waals surface area contributed by atoms with E-state index in [0.717, 1.165) is 36.5 Å². The molecule has 13 nitrogen and oxygen atoms in total. The molecule has 0 aliphatic heterocycles. The Hall–Kier alpha value is -5.43. The third-order valence-corrected chi connectivity index (χ3v) is 7.55. The number of esters is 1. The molecule has 13 heteroatoms. The third kappa shape index (κ3) is 5.17. The molecule has 1 aliphatic carbocycles. The van der Waals surface area contributed by atoms with E-state index in [9.17, 15) is 40.2 Å². The standard InChI is InChI=1S/C31H30N2O11/c1-4-42-28(39)31(13-14-31)19-11-9-17(10-12-19)16-5-7-18(8-6-16)27-21(15(2)33-44-27)32-29(40)43-30(3,41)20-22(34)24(36)26(38)25(37)23(20)35/h5-12,34-38,41H,4,13-14H2,1-3H3,(H,32,40). The van der Waals surface area contributed by atoms with Crippen LogP contribution in [0.5, 0.6) is 28.7 Å². The highest BCUT2D eigenvalue weighted by Gasteiger charge is 2.52. The highest BCUT2D eigenvalue weighted by Crippen LogP contribution is 2.54. The number of rotatable bonds is 8. The molecule has 1 aliphatic rings. The Labute approximate surface area is 250 Å². The minimum absolute atomic E-state index is 0.0986. The molecular weight excluding hydrogens is 576 g/mol. The van der Waals surface area contributed by atoms with Crippen LogP contribution in [0.3, 0.4) is 0 Å². The van der Waals surface area contributed by atoms with E-state index in [-0.39, 0.29) is 23.1 Å². The summed E-state index contributed by atoms with van der Waals surface area (Å²) in [6.45, 7) is 4.52. The van der Waals surface area contributed by atoms with Gasteiger partial charge in [0.2, 0.25) is 23.0 Å². The number of amides is 1. The molecular formula is C31H30N2O11. The average Bonchev–Trinajstić information content (AvgIpc) is 3.74. The van der Waals surface area contributed by atoms with E-state index >= 15 is 0 Å². The molecule has 1 amide bonds. The second-order valence-corrected chi connectivity index (χ2v) is 10.5.